The van der Waals surface area contributed by atoms with Gasteiger partial charge in [-0.1, -0.05) is 12.1 Å². The number of methoxy groups -OCH3 is 1. The van der Waals surface area contributed by atoms with Crippen LogP contribution in [0.4, 0.5) is 0 Å². The Morgan fingerprint density at radius 1 is 1.32 bits per heavy atom. The van der Waals surface area contributed by atoms with Crippen LogP contribution in [0, 0.1) is 0 Å². The molecule has 19 heavy (non-hydrogen) atoms. The zero-order valence-electron chi connectivity index (χ0n) is 11.5. The fraction of sp³-hybridized carbons (Fsp3) is 0.600. The van der Waals surface area contributed by atoms with Crippen molar-refractivity contribution in [2.24, 2.45) is 0 Å². The molecule has 1 saturated heterocycles. The molecule has 1 aliphatic rings. The molecule has 3 nitrogen and oxygen atoms in total. The van der Waals surface area contributed by atoms with E-state index in [4.69, 9.17) is 21.1 Å². The Hall–Kier alpha value is -0.770. The first-order valence-electron chi connectivity index (χ1n) is 6.84. The lowest BCUT2D eigenvalue weighted by Crippen LogP contribution is -2.36. The van der Waals surface area contributed by atoms with E-state index in [1.54, 1.807) is 7.11 Å². The summed E-state index contributed by atoms with van der Waals surface area (Å²) in [6.45, 7) is 3.83. The molecular formula is C15H22ClNO2. The molecule has 0 saturated carbocycles. The van der Waals surface area contributed by atoms with E-state index in [-0.39, 0.29) is 0 Å². The summed E-state index contributed by atoms with van der Waals surface area (Å²) in [7, 11) is 1.71. The quantitative estimate of drug-likeness (QED) is 0.750. The third kappa shape index (κ3) is 4.68. The zero-order valence-corrected chi connectivity index (χ0v) is 12.2. The van der Waals surface area contributed by atoms with Crippen molar-refractivity contribution in [3.63, 3.8) is 0 Å². The number of piperidine rings is 1. The lowest BCUT2D eigenvalue weighted by molar-refractivity contribution is 0.0134. The molecule has 4 heteroatoms. The number of hydrogen-bond acceptors (Lipinski definition) is 3. The number of nitrogens with zero attached hydrogens (tertiary/aromatic N) is 1. The van der Waals surface area contributed by atoms with E-state index in [9.17, 15) is 0 Å². The number of rotatable bonds is 6. The van der Waals surface area contributed by atoms with Crippen molar-refractivity contribution in [2.45, 2.75) is 25.5 Å². The van der Waals surface area contributed by atoms with Crippen LogP contribution in [0.2, 0.25) is 0 Å². The van der Waals surface area contributed by atoms with Gasteiger partial charge in [0, 0.05) is 25.5 Å². The first-order chi connectivity index (χ1) is 9.31. The number of ether oxygens (including phenoxy) is 2. The highest BCUT2D eigenvalue weighted by Gasteiger charge is 2.19. The maximum atomic E-state index is 5.69. The summed E-state index contributed by atoms with van der Waals surface area (Å²) >= 11 is 5.64. The Labute approximate surface area is 120 Å². The molecule has 0 amide bonds. The average Bonchev–Trinajstić information content (AvgIpc) is 2.47. The highest BCUT2D eigenvalue weighted by atomic mass is 35.5. The molecule has 1 aliphatic heterocycles. The Kier molecular flexibility index (Phi) is 5.95. The summed E-state index contributed by atoms with van der Waals surface area (Å²) < 4.78 is 10.9. The Morgan fingerprint density at radius 3 is 2.79 bits per heavy atom. The van der Waals surface area contributed by atoms with Gasteiger partial charge in [-0.05, 0) is 30.5 Å². The third-order valence-corrected chi connectivity index (χ3v) is 3.66. The number of benzene rings is 1. The lowest BCUT2D eigenvalue weighted by Gasteiger charge is -2.31. The van der Waals surface area contributed by atoms with Crippen LogP contribution in [0.3, 0.4) is 0 Å². The van der Waals surface area contributed by atoms with Gasteiger partial charge in [0.15, 0.2) is 0 Å². The van der Waals surface area contributed by atoms with Crippen LogP contribution in [0.1, 0.15) is 18.4 Å². The highest BCUT2D eigenvalue weighted by molar-refractivity contribution is 6.17. The topological polar surface area (TPSA) is 21.7 Å². The summed E-state index contributed by atoms with van der Waals surface area (Å²) in [5, 5.41) is 0. The van der Waals surface area contributed by atoms with Crippen molar-refractivity contribution >= 4 is 11.6 Å². The number of halogens is 1. The second kappa shape index (κ2) is 7.73. The van der Waals surface area contributed by atoms with Gasteiger partial charge in [0.2, 0.25) is 0 Å². The number of alkyl halides is 1. The third-order valence-electron chi connectivity index (χ3n) is 3.51. The van der Waals surface area contributed by atoms with Gasteiger partial charge in [-0.2, -0.15) is 0 Å². The van der Waals surface area contributed by atoms with Gasteiger partial charge >= 0.3 is 0 Å². The second-order valence-corrected chi connectivity index (χ2v) is 5.26. The first-order valence-corrected chi connectivity index (χ1v) is 7.38. The van der Waals surface area contributed by atoms with E-state index in [0.717, 1.165) is 38.2 Å². The number of hydrogen-bond donors (Lipinski definition) is 0. The summed E-state index contributed by atoms with van der Waals surface area (Å²) in [5.41, 5.74) is 1.31. The van der Waals surface area contributed by atoms with E-state index in [0.29, 0.717) is 18.6 Å². The summed E-state index contributed by atoms with van der Waals surface area (Å²) in [5.74, 6) is 1.52. The molecule has 0 aromatic heterocycles. The van der Waals surface area contributed by atoms with Crippen LogP contribution in [-0.2, 0) is 11.3 Å². The molecule has 0 spiro atoms. The minimum Gasteiger partial charge on any atom is -0.497 e. The molecule has 0 bridgehead atoms. The summed E-state index contributed by atoms with van der Waals surface area (Å²) in [6, 6.07) is 8.29. The second-order valence-electron chi connectivity index (χ2n) is 4.89. The molecule has 1 heterocycles. The minimum atomic E-state index is 0.389. The predicted molar refractivity (Wildman–Crippen MR) is 78.0 cm³/mol. The fourth-order valence-corrected chi connectivity index (χ4v) is 2.56. The molecule has 1 aromatic carbocycles. The monoisotopic (exact) mass is 283 g/mol. The van der Waals surface area contributed by atoms with Gasteiger partial charge in [0.05, 0.1) is 19.8 Å². The summed E-state index contributed by atoms with van der Waals surface area (Å²) in [6.07, 6.45) is 2.59. The van der Waals surface area contributed by atoms with Crippen molar-refractivity contribution in [3.8, 4) is 5.75 Å². The average molecular weight is 284 g/mol. The molecule has 0 aliphatic carbocycles. The van der Waals surface area contributed by atoms with E-state index < -0.39 is 0 Å². The Bertz CT molecular complexity index is 378. The van der Waals surface area contributed by atoms with Crippen LogP contribution in [0.5, 0.6) is 5.75 Å². The molecule has 2 rings (SSSR count). The van der Waals surface area contributed by atoms with Crippen LogP contribution in [0.15, 0.2) is 24.3 Å². The van der Waals surface area contributed by atoms with Crippen molar-refractivity contribution in [3.05, 3.63) is 29.8 Å². The Morgan fingerprint density at radius 2 is 2.11 bits per heavy atom. The van der Waals surface area contributed by atoms with Gasteiger partial charge in [-0.15, -0.1) is 11.6 Å². The van der Waals surface area contributed by atoms with Gasteiger partial charge < -0.3 is 9.47 Å². The highest BCUT2D eigenvalue weighted by Crippen LogP contribution is 2.18. The van der Waals surface area contributed by atoms with Crippen molar-refractivity contribution in [2.75, 3.05) is 32.7 Å². The molecule has 1 fully saturated rings. The zero-order chi connectivity index (χ0) is 13.5. The smallest absolute Gasteiger partial charge is 0.119 e. The molecule has 106 valence electrons. The standard InChI is InChI=1S/C15H22ClNO2/c1-18-15-4-2-3-13(11-15)12-17-8-5-14(6-9-17)19-10-7-16/h2-4,11,14H,5-10,12H2,1H3. The van der Waals surface area contributed by atoms with Crippen LogP contribution >= 0.6 is 11.6 Å². The molecular weight excluding hydrogens is 262 g/mol. The van der Waals surface area contributed by atoms with Crippen LogP contribution in [-0.4, -0.2) is 43.7 Å². The molecule has 0 atom stereocenters. The maximum absolute atomic E-state index is 5.69. The summed E-state index contributed by atoms with van der Waals surface area (Å²) in [4.78, 5) is 2.47. The predicted octanol–water partition coefficient (Wildman–Crippen LogP) is 2.92. The van der Waals surface area contributed by atoms with Gasteiger partial charge in [0.25, 0.3) is 0 Å². The first kappa shape index (κ1) is 14.6. The maximum Gasteiger partial charge on any atom is 0.119 e. The van der Waals surface area contributed by atoms with Crippen LogP contribution < -0.4 is 4.74 Å². The van der Waals surface area contributed by atoms with Crippen molar-refractivity contribution < 1.29 is 9.47 Å². The lowest BCUT2D eigenvalue weighted by atomic mass is 10.1. The van der Waals surface area contributed by atoms with E-state index in [1.165, 1.54) is 5.56 Å². The SMILES string of the molecule is COc1cccc(CN2CCC(OCCCl)CC2)c1. The van der Waals surface area contributed by atoms with Gasteiger partial charge in [-0.25, -0.2) is 0 Å². The largest absolute Gasteiger partial charge is 0.497 e. The fourth-order valence-electron chi connectivity index (χ4n) is 2.47. The minimum absolute atomic E-state index is 0.389. The normalized spacial score (nSPS) is 17.6. The van der Waals surface area contributed by atoms with Gasteiger partial charge in [-0.3, -0.25) is 4.90 Å². The Balaban J connectivity index is 1.78. The van der Waals surface area contributed by atoms with E-state index >= 15 is 0 Å². The van der Waals surface area contributed by atoms with Gasteiger partial charge in [0.1, 0.15) is 5.75 Å². The molecule has 0 radical (unpaired) electrons. The van der Waals surface area contributed by atoms with E-state index in [1.807, 2.05) is 12.1 Å². The van der Waals surface area contributed by atoms with Crippen molar-refractivity contribution in [1.82, 2.24) is 4.90 Å². The van der Waals surface area contributed by atoms with Crippen LogP contribution in [0.25, 0.3) is 0 Å². The molecule has 0 unspecified atom stereocenters. The molecule has 0 N–H and O–H groups in total. The van der Waals surface area contributed by atoms with E-state index in [2.05, 4.69) is 17.0 Å². The number of likely N-dealkylation sites (tertiary alicyclic amines) is 1. The molecule has 1 aromatic rings. The van der Waals surface area contributed by atoms with Crippen molar-refractivity contribution in [1.29, 1.82) is 0 Å².